The van der Waals surface area contributed by atoms with Crippen LogP contribution in [0.2, 0.25) is 0 Å². The maximum atomic E-state index is 13.0. The van der Waals surface area contributed by atoms with Crippen molar-refractivity contribution in [1.82, 2.24) is 25.4 Å². The maximum Gasteiger partial charge on any atom is 0.279 e. The summed E-state index contributed by atoms with van der Waals surface area (Å²) in [5.41, 5.74) is 6.80. The number of benzene rings is 1. The molecule has 4 aromatic rings. The third-order valence-corrected chi connectivity index (χ3v) is 5.18. The fourth-order valence-corrected chi connectivity index (χ4v) is 3.64. The van der Waals surface area contributed by atoms with Gasteiger partial charge in [-0.1, -0.05) is 12.1 Å². The molecule has 28 heavy (non-hydrogen) atoms. The molecule has 3 heterocycles. The van der Waals surface area contributed by atoms with Crippen LogP contribution in [0.4, 0.5) is 4.39 Å². The number of carbonyl (C=O) groups is 2. The number of aryl methyl sites for hydroxylation is 1. The van der Waals surface area contributed by atoms with E-state index >= 15 is 0 Å². The van der Waals surface area contributed by atoms with Gasteiger partial charge in [0.2, 0.25) is 0 Å². The number of amides is 2. The van der Waals surface area contributed by atoms with Crippen molar-refractivity contribution in [3.05, 3.63) is 76.8 Å². The lowest BCUT2D eigenvalue weighted by Gasteiger charge is -2.05. The molecule has 3 aromatic heterocycles. The average Bonchev–Trinajstić information content (AvgIpc) is 3.30. The smallest absolute Gasteiger partial charge is 0.267 e. The molecule has 4 rings (SSSR count). The van der Waals surface area contributed by atoms with Crippen molar-refractivity contribution in [2.24, 2.45) is 0 Å². The van der Waals surface area contributed by atoms with Gasteiger partial charge < -0.3 is 0 Å². The zero-order valence-electron chi connectivity index (χ0n) is 14.6. The molecule has 9 heteroatoms. The second-order valence-corrected chi connectivity index (χ2v) is 7.01. The Morgan fingerprint density at radius 1 is 1.07 bits per heavy atom. The molecule has 0 aliphatic heterocycles. The predicted octanol–water partition coefficient (Wildman–Crippen LogP) is 2.98. The summed E-state index contributed by atoms with van der Waals surface area (Å²) in [4.78, 5) is 30.2. The molecule has 0 saturated heterocycles. The van der Waals surface area contributed by atoms with E-state index in [9.17, 15) is 14.0 Å². The van der Waals surface area contributed by atoms with E-state index in [-0.39, 0.29) is 5.82 Å². The zero-order valence-corrected chi connectivity index (χ0v) is 15.5. The third kappa shape index (κ3) is 3.35. The van der Waals surface area contributed by atoms with E-state index in [0.29, 0.717) is 21.8 Å². The minimum absolute atomic E-state index is 0.291. The van der Waals surface area contributed by atoms with Gasteiger partial charge in [-0.3, -0.25) is 20.4 Å². The summed E-state index contributed by atoms with van der Waals surface area (Å²) in [6.07, 6.45) is 3.25. The highest BCUT2D eigenvalue weighted by Gasteiger charge is 2.19. The first kappa shape index (κ1) is 17.8. The SMILES string of the molecule is Cc1nn2cccnc2c1C(=O)NNC(=O)c1ccc(-c2ccc(F)cc2)s1. The van der Waals surface area contributed by atoms with Crippen LogP contribution in [0, 0.1) is 12.7 Å². The molecule has 140 valence electrons. The van der Waals surface area contributed by atoms with Gasteiger partial charge in [-0.15, -0.1) is 11.3 Å². The number of rotatable bonds is 3. The van der Waals surface area contributed by atoms with E-state index in [0.717, 1.165) is 10.4 Å². The van der Waals surface area contributed by atoms with Gasteiger partial charge in [0.15, 0.2) is 5.65 Å². The van der Waals surface area contributed by atoms with Crippen LogP contribution in [0.3, 0.4) is 0 Å². The molecule has 0 unspecified atom stereocenters. The van der Waals surface area contributed by atoms with Gasteiger partial charge >= 0.3 is 0 Å². The van der Waals surface area contributed by atoms with Gasteiger partial charge in [-0.2, -0.15) is 5.10 Å². The number of hydrogen-bond donors (Lipinski definition) is 2. The largest absolute Gasteiger partial charge is 0.279 e. The Morgan fingerprint density at radius 2 is 1.82 bits per heavy atom. The molecule has 0 spiro atoms. The molecule has 1 aromatic carbocycles. The van der Waals surface area contributed by atoms with Gasteiger partial charge in [0.1, 0.15) is 11.4 Å². The summed E-state index contributed by atoms with van der Waals surface area (Å²) in [5.74, 6) is -1.28. The summed E-state index contributed by atoms with van der Waals surface area (Å²) in [5, 5.41) is 4.22. The molecule has 0 aliphatic carbocycles. The predicted molar refractivity (Wildman–Crippen MR) is 102 cm³/mol. The minimum atomic E-state index is -0.505. The van der Waals surface area contributed by atoms with Crippen molar-refractivity contribution < 1.29 is 14.0 Å². The molecule has 0 saturated carbocycles. The Hall–Kier alpha value is -3.59. The molecule has 7 nitrogen and oxygen atoms in total. The first-order valence-corrected chi connectivity index (χ1v) is 9.11. The summed E-state index contributed by atoms with van der Waals surface area (Å²) in [7, 11) is 0. The Bertz CT molecular complexity index is 1180. The second-order valence-electron chi connectivity index (χ2n) is 5.93. The molecule has 0 fully saturated rings. The lowest BCUT2D eigenvalue weighted by atomic mass is 10.2. The van der Waals surface area contributed by atoms with Crippen LogP contribution in [0.5, 0.6) is 0 Å². The van der Waals surface area contributed by atoms with Crippen molar-refractivity contribution >= 4 is 28.8 Å². The number of thiophene rings is 1. The second kappa shape index (κ2) is 7.20. The standard InChI is InChI=1S/C19H14FN5O2S/c1-11-16(17-21-9-2-10-25(17)24-11)19(27)23-22-18(26)15-8-7-14(28-15)12-3-5-13(20)6-4-12/h2-10H,1H3,(H,22,26)(H,23,27). The number of carbonyl (C=O) groups excluding carboxylic acids is 2. The van der Waals surface area contributed by atoms with Crippen LogP contribution in [-0.2, 0) is 0 Å². The summed E-state index contributed by atoms with van der Waals surface area (Å²) in [6.45, 7) is 1.69. The molecule has 0 atom stereocenters. The van der Waals surface area contributed by atoms with Gasteiger partial charge in [0.05, 0.1) is 10.6 Å². The van der Waals surface area contributed by atoms with Crippen molar-refractivity contribution in [1.29, 1.82) is 0 Å². The molecule has 0 radical (unpaired) electrons. The van der Waals surface area contributed by atoms with Crippen molar-refractivity contribution in [3.8, 4) is 10.4 Å². The highest BCUT2D eigenvalue weighted by molar-refractivity contribution is 7.17. The van der Waals surface area contributed by atoms with Gasteiger partial charge in [-0.25, -0.2) is 13.9 Å². The molecule has 0 aliphatic rings. The van der Waals surface area contributed by atoms with E-state index in [4.69, 9.17) is 0 Å². The fraction of sp³-hybridized carbons (Fsp3) is 0.0526. The number of hydrogen-bond acceptors (Lipinski definition) is 5. The van der Waals surface area contributed by atoms with Gasteiger partial charge in [0, 0.05) is 17.3 Å². The van der Waals surface area contributed by atoms with E-state index in [1.54, 1.807) is 49.6 Å². The monoisotopic (exact) mass is 395 g/mol. The van der Waals surface area contributed by atoms with Crippen LogP contribution in [0.25, 0.3) is 16.1 Å². The Kier molecular flexibility index (Phi) is 4.58. The summed E-state index contributed by atoms with van der Waals surface area (Å²) >= 11 is 1.24. The third-order valence-electron chi connectivity index (χ3n) is 4.05. The van der Waals surface area contributed by atoms with Gasteiger partial charge in [0.25, 0.3) is 11.8 Å². The number of nitrogens with zero attached hydrogens (tertiary/aromatic N) is 3. The first-order valence-electron chi connectivity index (χ1n) is 8.29. The van der Waals surface area contributed by atoms with Crippen molar-refractivity contribution in [2.45, 2.75) is 6.92 Å². The topological polar surface area (TPSA) is 88.4 Å². The quantitative estimate of drug-likeness (QED) is 0.522. The molecular formula is C19H14FN5O2S. The molecule has 2 amide bonds. The highest BCUT2D eigenvalue weighted by atomic mass is 32.1. The summed E-state index contributed by atoms with van der Waals surface area (Å²) < 4.78 is 14.5. The van der Waals surface area contributed by atoms with Crippen LogP contribution < -0.4 is 10.9 Å². The molecular weight excluding hydrogens is 381 g/mol. The zero-order chi connectivity index (χ0) is 19.7. The molecule has 2 N–H and O–H groups in total. The van der Waals surface area contributed by atoms with E-state index in [2.05, 4.69) is 20.9 Å². The lowest BCUT2D eigenvalue weighted by molar-refractivity contribution is 0.0849. The number of nitrogens with one attached hydrogen (secondary N) is 2. The number of fused-ring (bicyclic) bond motifs is 1. The first-order chi connectivity index (χ1) is 13.5. The minimum Gasteiger partial charge on any atom is -0.267 e. The van der Waals surface area contributed by atoms with Crippen LogP contribution in [-0.4, -0.2) is 26.4 Å². The van der Waals surface area contributed by atoms with E-state index in [1.807, 2.05) is 0 Å². The van der Waals surface area contributed by atoms with Gasteiger partial charge in [-0.05, 0) is 42.8 Å². The van der Waals surface area contributed by atoms with E-state index < -0.39 is 11.8 Å². The van der Waals surface area contributed by atoms with Crippen LogP contribution in [0.1, 0.15) is 25.7 Å². The Labute approximate surface area is 162 Å². The molecule has 0 bridgehead atoms. The normalized spacial score (nSPS) is 10.8. The Morgan fingerprint density at radius 3 is 2.61 bits per heavy atom. The summed E-state index contributed by atoms with van der Waals surface area (Å²) in [6, 6.07) is 11.1. The number of hydrazine groups is 1. The van der Waals surface area contributed by atoms with Crippen LogP contribution in [0.15, 0.2) is 54.9 Å². The van der Waals surface area contributed by atoms with Crippen molar-refractivity contribution in [2.75, 3.05) is 0 Å². The lowest BCUT2D eigenvalue weighted by Crippen LogP contribution is -2.41. The fourth-order valence-electron chi connectivity index (χ4n) is 2.73. The van der Waals surface area contributed by atoms with Crippen LogP contribution >= 0.6 is 11.3 Å². The van der Waals surface area contributed by atoms with E-state index in [1.165, 1.54) is 28.0 Å². The number of halogens is 1. The number of aromatic nitrogens is 3. The maximum absolute atomic E-state index is 13.0. The Balaban J connectivity index is 1.46. The average molecular weight is 395 g/mol. The highest BCUT2D eigenvalue weighted by Crippen LogP contribution is 2.28. The van der Waals surface area contributed by atoms with Crippen molar-refractivity contribution in [3.63, 3.8) is 0 Å².